The van der Waals surface area contributed by atoms with Gasteiger partial charge in [0.2, 0.25) is 0 Å². The molecule has 0 N–H and O–H groups in total. The molecule has 0 atom stereocenters. The fourth-order valence-electron chi connectivity index (χ4n) is 7.66. The van der Waals surface area contributed by atoms with E-state index in [-0.39, 0.29) is 0 Å². The summed E-state index contributed by atoms with van der Waals surface area (Å²) in [6.45, 7) is 8.56. The van der Waals surface area contributed by atoms with Crippen LogP contribution in [0.2, 0.25) is 0 Å². The topological polar surface area (TPSA) is 9.86 Å². The molecule has 0 spiro atoms. The van der Waals surface area contributed by atoms with Gasteiger partial charge >= 0.3 is 0 Å². The summed E-state index contributed by atoms with van der Waals surface area (Å²) in [5.41, 5.74) is 14.2. The number of hydrogen-bond donors (Lipinski definition) is 0. The second-order valence-electron chi connectivity index (χ2n) is 13.0. The molecule has 238 valence electrons. The van der Waals surface area contributed by atoms with Crippen molar-refractivity contribution in [2.45, 2.75) is 12.8 Å². The minimum Gasteiger partial charge on any atom is -0.309 e. The summed E-state index contributed by atoms with van der Waals surface area (Å²) in [6, 6.07) is 59.4. The van der Waals surface area contributed by atoms with Crippen LogP contribution in [0, 0.1) is 0 Å². The highest BCUT2D eigenvalue weighted by Crippen LogP contribution is 2.40. The van der Waals surface area contributed by atoms with Gasteiger partial charge in [-0.15, -0.1) is 6.58 Å². The first kappa shape index (κ1) is 29.7. The zero-order valence-corrected chi connectivity index (χ0v) is 27.9. The van der Waals surface area contributed by atoms with Crippen LogP contribution in [-0.4, -0.2) is 9.13 Å². The molecule has 0 bridgehead atoms. The standard InChI is InChI=1S/C48H36N2/c1-3-4-15-33(2)41-30-35(34-16-7-5-8-17-34)24-27-46(41)50-45-23-14-12-21-40(45)43-32-37(26-29-48(43)50)36-25-28-47-42(31-36)39-20-11-13-22-44(39)49(47)38-18-9-6-10-19-38/h3,5-14,16-32H,1-2,4,15H2. The summed E-state index contributed by atoms with van der Waals surface area (Å²) in [6.07, 6.45) is 3.72. The van der Waals surface area contributed by atoms with Crippen LogP contribution in [0.4, 0.5) is 0 Å². The first-order chi connectivity index (χ1) is 24.7. The number of allylic oxidation sites excluding steroid dienone is 2. The van der Waals surface area contributed by atoms with E-state index in [0.717, 1.165) is 24.1 Å². The fourth-order valence-corrected chi connectivity index (χ4v) is 7.66. The van der Waals surface area contributed by atoms with Crippen LogP contribution in [-0.2, 0) is 0 Å². The average molecular weight is 641 g/mol. The van der Waals surface area contributed by atoms with Crippen molar-refractivity contribution >= 4 is 49.2 Å². The third-order valence-corrected chi connectivity index (χ3v) is 10.1. The maximum Gasteiger partial charge on any atom is 0.0541 e. The van der Waals surface area contributed by atoms with E-state index in [0.29, 0.717) is 0 Å². The summed E-state index contributed by atoms with van der Waals surface area (Å²) in [7, 11) is 0. The minimum atomic E-state index is 0.860. The molecule has 0 aliphatic carbocycles. The molecule has 7 aromatic carbocycles. The molecule has 2 nitrogen and oxygen atoms in total. The molecule has 0 radical (unpaired) electrons. The van der Waals surface area contributed by atoms with Crippen LogP contribution in [0.5, 0.6) is 0 Å². The SMILES string of the molecule is C=CCCC(=C)c1cc(-c2ccccc2)ccc1-n1c2ccccc2c2cc(-c3ccc4c(c3)c3ccccc3n4-c3ccccc3)ccc21. The molecule has 50 heavy (non-hydrogen) atoms. The van der Waals surface area contributed by atoms with Gasteiger partial charge in [-0.25, -0.2) is 0 Å². The molecule has 0 aliphatic heterocycles. The molecule has 9 aromatic rings. The van der Waals surface area contributed by atoms with Crippen LogP contribution >= 0.6 is 0 Å². The van der Waals surface area contributed by atoms with Gasteiger partial charge in [-0.1, -0.05) is 116 Å². The van der Waals surface area contributed by atoms with E-state index in [9.17, 15) is 0 Å². The Morgan fingerprint density at radius 2 is 0.960 bits per heavy atom. The second kappa shape index (κ2) is 12.3. The molecular weight excluding hydrogens is 605 g/mol. The summed E-state index contributed by atoms with van der Waals surface area (Å²) >= 11 is 0. The lowest BCUT2D eigenvalue weighted by molar-refractivity contribution is 1.06. The lowest BCUT2D eigenvalue weighted by Crippen LogP contribution is -2.00. The Kier molecular flexibility index (Phi) is 7.29. The Bertz CT molecular complexity index is 2720. The van der Waals surface area contributed by atoms with Gasteiger partial charge in [0.25, 0.3) is 0 Å². The van der Waals surface area contributed by atoms with E-state index in [2.05, 4.69) is 186 Å². The summed E-state index contributed by atoms with van der Waals surface area (Å²) in [5.74, 6) is 0. The van der Waals surface area contributed by atoms with Crippen LogP contribution in [0.15, 0.2) is 183 Å². The van der Waals surface area contributed by atoms with Gasteiger partial charge in [0.05, 0.1) is 27.8 Å². The highest BCUT2D eigenvalue weighted by molar-refractivity contribution is 6.13. The number of para-hydroxylation sites is 3. The summed E-state index contributed by atoms with van der Waals surface area (Å²) < 4.78 is 4.79. The molecule has 9 rings (SSSR count). The van der Waals surface area contributed by atoms with Gasteiger partial charge in [0.1, 0.15) is 0 Å². The predicted octanol–water partition coefficient (Wildman–Crippen LogP) is 13.2. The zero-order valence-electron chi connectivity index (χ0n) is 27.9. The highest BCUT2D eigenvalue weighted by atomic mass is 15.0. The zero-order chi connectivity index (χ0) is 33.6. The second-order valence-corrected chi connectivity index (χ2v) is 13.0. The Morgan fingerprint density at radius 3 is 1.60 bits per heavy atom. The maximum absolute atomic E-state index is 4.59. The number of hydrogen-bond acceptors (Lipinski definition) is 0. The first-order valence-electron chi connectivity index (χ1n) is 17.3. The van der Waals surface area contributed by atoms with E-state index in [1.165, 1.54) is 77.1 Å². The van der Waals surface area contributed by atoms with E-state index in [1.54, 1.807) is 0 Å². The Hall–Kier alpha value is -6.38. The number of rotatable bonds is 8. The van der Waals surface area contributed by atoms with Crippen molar-refractivity contribution in [2.24, 2.45) is 0 Å². The van der Waals surface area contributed by atoms with E-state index < -0.39 is 0 Å². The molecule has 0 saturated heterocycles. The van der Waals surface area contributed by atoms with Crippen LogP contribution in [0.1, 0.15) is 18.4 Å². The van der Waals surface area contributed by atoms with E-state index >= 15 is 0 Å². The van der Waals surface area contributed by atoms with Crippen molar-refractivity contribution in [3.8, 4) is 33.6 Å². The van der Waals surface area contributed by atoms with Crippen LogP contribution in [0.25, 0.3) is 82.8 Å². The lowest BCUT2D eigenvalue weighted by Gasteiger charge is -2.17. The predicted molar refractivity (Wildman–Crippen MR) is 214 cm³/mol. The molecule has 2 heteroatoms. The van der Waals surface area contributed by atoms with E-state index in [4.69, 9.17) is 0 Å². The minimum absolute atomic E-state index is 0.860. The monoisotopic (exact) mass is 640 g/mol. The molecule has 0 saturated carbocycles. The van der Waals surface area contributed by atoms with Crippen molar-refractivity contribution in [3.63, 3.8) is 0 Å². The Morgan fingerprint density at radius 1 is 0.460 bits per heavy atom. The third-order valence-electron chi connectivity index (χ3n) is 10.1. The first-order valence-corrected chi connectivity index (χ1v) is 17.3. The molecule has 0 aliphatic rings. The molecule has 2 heterocycles. The third kappa shape index (κ3) is 4.88. The van der Waals surface area contributed by atoms with Gasteiger partial charge < -0.3 is 9.13 Å². The van der Waals surface area contributed by atoms with Crippen molar-refractivity contribution < 1.29 is 0 Å². The van der Waals surface area contributed by atoms with Gasteiger partial charge in [-0.3, -0.25) is 0 Å². The quantitative estimate of drug-likeness (QED) is 0.146. The highest BCUT2D eigenvalue weighted by Gasteiger charge is 2.18. The van der Waals surface area contributed by atoms with Crippen LogP contribution in [0.3, 0.4) is 0 Å². The van der Waals surface area contributed by atoms with Gasteiger partial charge in [-0.05, 0) is 101 Å². The largest absolute Gasteiger partial charge is 0.309 e. The van der Waals surface area contributed by atoms with Crippen molar-refractivity contribution in [2.75, 3.05) is 0 Å². The van der Waals surface area contributed by atoms with Crippen molar-refractivity contribution in [1.29, 1.82) is 0 Å². The van der Waals surface area contributed by atoms with Gasteiger partial charge in [0, 0.05) is 32.8 Å². The Labute approximate surface area is 292 Å². The van der Waals surface area contributed by atoms with E-state index in [1.807, 2.05) is 6.08 Å². The molecule has 2 aromatic heterocycles. The molecule has 0 amide bonds. The van der Waals surface area contributed by atoms with Crippen LogP contribution < -0.4 is 0 Å². The maximum atomic E-state index is 4.59. The number of aromatic nitrogens is 2. The van der Waals surface area contributed by atoms with Gasteiger partial charge in [0.15, 0.2) is 0 Å². The number of fused-ring (bicyclic) bond motifs is 6. The normalized spacial score (nSPS) is 11.5. The van der Waals surface area contributed by atoms with Crippen molar-refractivity contribution in [3.05, 3.63) is 189 Å². The molecule has 0 unspecified atom stereocenters. The molecular formula is C48H36N2. The fraction of sp³-hybridized carbons (Fsp3) is 0.0417. The average Bonchev–Trinajstić information content (AvgIpc) is 3.69. The summed E-state index contributed by atoms with van der Waals surface area (Å²) in [5, 5.41) is 4.99. The Balaban J connectivity index is 1.23. The molecule has 0 fully saturated rings. The number of benzene rings is 7. The number of nitrogens with zero attached hydrogens (tertiary/aromatic N) is 2. The van der Waals surface area contributed by atoms with Gasteiger partial charge in [-0.2, -0.15) is 0 Å². The smallest absolute Gasteiger partial charge is 0.0541 e. The van der Waals surface area contributed by atoms with Crippen molar-refractivity contribution in [1.82, 2.24) is 9.13 Å². The summed E-state index contributed by atoms with van der Waals surface area (Å²) in [4.78, 5) is 0. The lowest BCUT2D eigenvalue weighted by atomic mass is 9.95.